The number of hydrogen-bond donors (Lipinski definition) is 3. The molecule has 0 aliphatic carbocycles. The van der Waals surface area contributed by atoms with Gasteiger partial charge in [0.05, 0.1) is 19.5 Å². The van der Waals surface area contributed by atoms with Gasteiger partial charge in [0, 0.05) is 7.05 Å². The summed E-state index contributed by atoms with van der Waals surface area (Å²) in [5.41, 5.74) is -2.04. The molecule has 0 unspecified atom stereocenters. The van der Waals surface area contributed by atoms with E-state index in [9.17, 15) is 9.90 Å². The Hall–Kier alpha value is -3.18. The summed E-state index contributed by atoms with van der Waals surface area (Å²) in [6, 6.07) is 7.71. The van der Waals surface area contributed by atoms with Crippen molar-refractivity contribution in [3.63, 3.8) is 0 Å². The van der Waals surface area contributed by atoms with Gasteiger partial charge in [-0.2, -0.15) is 0 Å². The number of para-hydroxylation sites is 1. The molecular weight excluding hydrogens is 562 g/mol. The lowest BCUT2D eigenvalue weighted by atomic mass is 9.97. The van der Waals surface area contributed by atoms with Gasteiger partial charge in [0.15, 0.2) is 23.2 Å². The summed E-state index contributed by atoms with van der Waals surface area (Å²) in [5, 5.41) is 16.8. The number of nitrogens with zero attached hydrogens (tertiary/aromatic N) is 4. The number of ether oxygens (including phenoxy) is 2. The van der Waals surface area contributed by atoms with Gasteiger partial charge in [0.2, 0.25) is 5.67 Å². The third kappa shape index (κ3) is 5.95. The lowest BCUT2D eigenvalue weighted by Gasteiger charge is -2.27. The molecule has 1 aliphatic rings. The van der Waals surface area contributed by atoms with E-state index in [4.69, 9.17) is 36.8 Å². The molecule has 0 bridgehead atoms. The summed E-state index contributed by atoms with van der Waals surface area (Å²) in [5.74, 6) is 2.69. The maximum Gasteiger partial charge on any atom is 0.323 e. The second-order valence-electron chi connectivity index (χ2n) is 8.88. The second-order valence-corrected chi connectivity index (χ2v) is 12.0. The van der Waals surface area contributed by atoms with Gasteiger partial charge >= 0.3 is 12.6 Å². The molecule has 12 nitrogen and oxygen atoms in total. The highest BCUT2D eigenvalue weighted by Crippen LogP contribution is 2.48. The van der Waals surface area contributed by atoms with Crippen LogP contribution in [0.15, 0.2) is 36.7 Å². The van der Waals surface area contributed by atoms with Crippen LogP contribution < -0.4 is 14.9 Å². The van der Waals surface area contributed by atoms with Crippen molar-refractivity contribution in [2.75, 3.05) is 25.6 Å². The fourth-order valence-corrected chi connectivity index (χ4v) is 6.54. The first kappa shape index (κ1) is 29.8. The number of fused-ring (bicyclic) bond motifs is 1. The minimum atomic E-state index is -3.47. The quantitative estimate of drug-likeness (QED) is 0.171. The van der Waals surface area contributed by atoms with Crippen LogP contribution in [0.1, 0.15) is 25.9 Å². The Morgan fingerprint density at radius 3 is 2.77 bits per heavy atom. The summed E-state index contributed by atoms with van der Waals surface area (Å²) in [6.45, 7) is 1.18. The minimum absolute atomic E-state index is 0.172. The molecule has 2 aromatic heterocycles. The first-order valence-electron chi connectivity index (χ1n) is 12.4. The zero-order valence-electron chi connectivity index (χ0n) is 22.3. The Kier molecular flexibility index (Phi) is 9.04. The molecule has 40 heavy (non-hydrogen) atoms. The van der Waals surface area contributed by atoms with Crippen molar-refractivity contribution in [1.82, 2.24) is 24.6 Å². The number of imidazole rings is 1. The number of esters is 1. The van der Waals surface area contributed by atoms with Crippen molar-refractivity contribution in [3.05, 3.63) is 42.5 Å². The Bertz CT molecular complexity index is 1450. The highest BCUT2D eigenvalue weighted by atomic mass is 32.5. The number of halogens is 1. The van der Waals surface area contributed by atoms with E-state index in [-0.39, 0.29) is 12.3 Å². The largest absolute Gasteiger partial charge is 0.465 e. The number of hydrogen-bond acceptors (Lipinski definition) is 11. The van der Waals surface area contributed by atoms with Crippen molar-refractivity contribution < 1.29 is 32.8 Å². The predicted molar refractivity (Wildman–Crippen MR) is 149 cm³/mol. The minimum Gasteiger partial charge on any atom is -0.465 e. The molecule has 1 aliphatic heterocycles. The lowest BCUT2D eigenvalue weighted by molar-refractivity contribution is -0.144. The van der Waals surface area contributed by atoms with E-state index in [1.807, 2.05) is 5.92 Å². The van der Waals surface area contributed by atoms with E-state index >= 15 is 4.39 Å². The second kappa shape index (κ2) is 12.1. The van der Waals surface area contributed by atoms with E-state index in [1.165, 1.54) is 10.9 Å². The van der Waals surface area contributed by atoms with Gasteiger partial charge in [0.25, 0.3) is 0 Å². The number of carbonyl (C=O) groups is 1. The lowest BCUT2D eigenvalue weighted by Crippen LogP contribution is -2.42. The first-order chi connectivity index (χ1) is 19.0. The SMILES string of the molecule is C#C[C@@]1(F)[C@H](O)[C@@H](CO[P@@](=S)(N[C@H](C)C(=O)OCC)Oc2ccccc2)O[C@H]1n1cnc2c(NC)nc(C)nc21. The van der Waals surface area contributed by atoms with Crippen molar-refractivity contribution in [1.29, 1.82) is 0 Å². The smallest absolute Gasteiger partial charge is 0.323 e. The molecule has 4 rings (SSSR count). The Balaban J connectivity index is 1.60. The molecule has 3 heterocycles. The van der Waals surface area contributed by atoms with Crippen LogP contribution in [0.2, 0.25) is 0 Å². The van der Waals surface area contributed by atoms with Crippen molar-refractivity contribution in [3.8, 4) is 18.1 Å². The van der Waals surface area contributed by atoms with Crippen LogP contribution in [0.3, 0.4) is 0 Å². The van der Waals surface area contributed by atoms with Gasteiger partial charge in [-0.05, 0) is 44.7 Å². The number of aromatic nitrogens is 4. The first-order valence-corrected chi connectivity index (χ1v) is 15.0. The molecule has 1 aromatic carbocycles. The molecule has 1 fully saturated rings. The Labute approximate surface area is 235 Å². The maximum atomic E-state index is 16.2. The number of aliphatic hydroxyl groups is 1. The maximum absolute atomic E-state index is 16.2. The Morgan fingerprint density at radius 1 is 1.40 bits per heavy atom. The number of terminal acetylenes is 1. The standard InChI is InChI=1S/C25H30FN6O6PS/c1-6-25(26)20(33)18(37-24(25)32-14-28-19-21(27-5)29-16(4)30-22(19)32)13-36-39(40,31-15(3)23(34)35-7-2)38-17-11-9-8-10-12-17/h1,8-12,14-15,18,20,24,33H,7,13H2,2-5H3,(H,31,40)(H,27,29,30)/t15-,18-,20-,24-,25-,39+/m1/s1. The summed E-state index contributed by atoms with van der Waals surface area (Å²) >= 11 is 5.67. The summed E-state index contributed by atoms with van der Waals surface area (Å²) in [6.07, 6.45) is 2.32. The zero-order chi connectivity index (χ0) is 29.1. The number of nitrogens with one attached hydrogen (secondary N) is 2. The fraction of sp³-hybridized carbons (Fsp3) is 0.440. The molecule has 0 saturated carbocycles. The third-order valence-corrected chi connectivity index (χ3v) is 8.56. The summed E-state index contributed by atoms with van der Waals surface area (Å²) in [4.78, 5) is 25.2. The van der Waals surface area contributed by atoms with Crippen molar-refractivity contribution in [2.45, 2.75) is 50.9 Å². The monoisotopic (exact) mass is 592 g/mol. The van der Waals surface area contributed by atoms with Gasteiger partial charge < -0.3 is 28.9 Å². The van der Waals surface area contributed by atoms with Gasteiger partial charge in [0.1, 0.15) is 29.8 Å². The topological polar surface area (TPSA) is 142 Å². The Morgan fingerprint density at radius 2 is 2.12 bits per heavy atom. The van der Waals surface area contributed by atoms with Crippen molar-refractivity contribution in [2.24, 2.45) is 0 Å². The molecule has 0 spiro atoms. The van der Waals surface area contributed by atoms with E-state index in [1.54, 1.807) is 58.2 Å². The third-order valence-electron chi connectivity index (χ3n) is 6.06. The summed E-state index contributed by atoms with van der Waals surface area (Å²) < 4.78 is 40.4. The summed E-state index contributed by atoms with van der Waals surface area (Å²) in [7, 11) is 1.67. The normalized spacial score (nSPS) is 24.7. The molecular formula is C25H30FN6O6PS. The van der Waals surface area contributed by atoms with E-state index in [0.29, 0.717) is 22.9 Å². The highest BCUT2D eigenvalue weighted by Gasteiger charge is 2.58. The number of anilines is 1. The van der Waals surface area contributed by atoms with Crippen LogP contribution in [0.4, 0.5) is 10.2 Å². The molecule has 15 heteroatoms. The van der Waals surface area contributed by atoms with Gasteiger partial charge in [-0.1, -0.05) is 24.1 Å². The molecule has 1 saturated heterocycles. The van der Waals surface area contributed by atoms with E-state index in [2.05, 4.69) is 25.4 Å². The molecule has 0 amide bonds. The molecule has 3 aromatic rings. The average Bonchev–Trinajstić information content (AvgIpc) is 3.46. The fourth-order valence-electron chi connectivity index (χ4n) is 4.12. The van der Waals surface area contributed by atoms with Crippen LogP contribution >= 0.6 is 6.64 Å². The number of carbonyl (C=O) groups excluding carboxylic acids is 1. The number of benzene rings is 1. The van der Waals surface area contributed by atoms with E-state index < -0.39 is 49.4 Å². The highest BCUT2D eigenvalue weighted by molar-refractivity contribution is 8.09. The molecule has 214 valence electrons. The number of aliphatic hydroxyl groups excluding tert-OH is 1. The van der Waals surface area contributed by atoms with Crippen LogP contribution in [-0.4, -0.2) is 74.8 Å². The predicted octanol–water partition coefficient (Wildman–Crippen LogP) is 2.64. The number of alkyl halides is 1. The van der Waals surface area contributed by atoms with Crippen LogP contribution in [0.5, 0.6) is 5.75 Å². The van der Waals surface area contributed by atoms with Gasteiger partial charge in [-0.3, -0.25) is 9.36 Å². The van der Waals surface area contributed by atoms with E-state index in [0.717, 1.165) is 0 Å². The van der Waals surface area contributed by atoms with Crippen LogP contribution in [-0.2, 0) is 30.6 Å². The number of rotatable bonds is 11. The zero-order valence-corrected chi connectivity index (χ0v) is 24.0. The molecule has 6 atom stereocenters. The molecule has 0 radical (unpaired) electrons. The average molecular weight is 593 g/mol. The van der Waals surface area contributed by atoms with Crippen LogP contribution in [0, 0.1) is 19.3 Å². The van der Waals surface area contributed by atoms with Gasteiger partial charge in [-0.25, -0.2) is 24.4 Å². The van der Waals surface area contributed by atoms with Crippen LogP contribution in [0.25, 0.3) is 11.2 Å². The molecule has 3 N–H and O–H groups in total. The number of aryl methyl sites for hydroxylation is 1. The van der Waals surface area contributed by atoms with Gasteiger partial charge in [-0.15, -0.1) is 6.42 Å². The van der Waals surface area contributed by atoms with Crippen molar-refractivity contribution >= 4 is 41.4 Å².